The van der Waals surface area contributed by atoms with Gasteiger partial charge in [-0.3, -0.25) is 0 Å². The van der Waals surface area contributed by atoms with E-state index in [1.165, 1.54) is 0 Å². The van der Waals surface area contributed by atoms with Crippen molar-refractivity contribution in [3.63, 3.8) is 0 Å². The largest absolute Gasteiger partial charge is 0.340 e. The van der Waals surface area contributed by atoms with Crippen LogP contribution >= 0.6 is 23.2 Å². The van der Waals surface area contributed by atoms with Crippen molar-refractivity contribution in [1.82, 2.24) is 9.97 Å². The van der Waals surface area contributed by atoms with Crippen molar-refractivity contribution in [1.29, 1.82) is 0 Å². The number of H-pyrrole nitrogens is 1. The number of nitrogens with zero attached hydrogens (tertiary/aromatic N) is 1. The van der Waals surface area contributed by atoms with Crippen LogP contribution in [0.1, 0.15) is 32.5 Å². The predicted molar refractivity (Wildman–Crippen MR) is 80.5 cm³/mol. The van der Waals surface area contributed by atoms with Crippen LogP contribution in [0.15, 0.2) is 24.4 Å². The topological polar surface area (TPSA) is 54.7 Å². The van der Waals surface area contributed by atoms with Gasteiger partial charge in [0.1, 0.15) is 5.82 Å². The van der Waals surface area contributed by atoms with Gasteiger partial charge in [0.15, 0.2) is 0 Å². The van der Waals surface area contributed by atoms with E-state index >= 15 is 0 Å². The second-order valence-electron chi connectivity index (χ2n) is 4.61. The minimum atomic E-state index is -0.427. The molecule has 0 aliphatic rings. The van der Waals surface area contributed by atoms with Crippen molar-refractivity contribution in [3.8, 4) is 11.3 Å². The SMILES string of the molecule is CCC(N)(CC)c1ncc(-c2cccc(Cl)c2Cl)[nH]1. The number of hydrogen-bond donors (Lipinski definition) is 2. The average molecular weight is 298 g/mol. The number of halogens is 2. The molecule has 0 unspecified atom stereocenters. The van der Waals surface area contributed by atoms with E-state index in [-0.39, 0.29) is 0 Å². The maximum absolute atomic E-state index is 6.32. The molecule has 0 radical (unpaired) electrons. The normalized spacial score (nSPS) is 11.8. The summed E-state index contributed by atoms with van der Waals surface area (Å²) in [6.07, 6.45) is 3.39. The lowest BCUT2D eigenvalue weighted by Gasteiger charge is -2.23. The zero-order valence-corrected chi connectivity index (χ0v) is 12.5. The molecule has 0 bridgehead atoms. The second kappa shape index (κ2) is 5.53. The van der Waals surface area contributed by atoms with Gasteiger partial charge in [0, 0.05) is 5.56 Å². The van der Waals surface area contributed by atoms with E-state index < -0.39 is 5.54 Å². The monoisotopic (exact) mass is 297 g/mol. The Morgan fingerprint density at radius 2 is 1.95 bits per heavy atom. The van der Waals surface area contributed by atoms with E-state index in [1.807, 2.05) is 12.1 Å². The number of nitrogens with two attached hydrogens (primary N) is 1. The first-order chi connectivity index (χ1) is 9.01. The Bertz CT molecular complexity index is 574. The lowest BCUT2D eigenvalue weighted by molar-refractivity contribution is 0.391. The summed E-state index contributed by atoms with van der Waals surface area (Å²) in [7, 11) is 0. The van der Waals surface area contributed by atoms with Crippen molar-refractivity contribution in [3.05, 3.63) is 40.3 Å². The summed E-state index contributed by atoms with van der Waals surface area (Å²) in [5, 5.41) is 1.05. The summed E-state index contributed by atoms with van der Waals surface area (Å²) in [4.78, 5) is 7.66. The van der Waals surface area contributed by atoms with Crippen LogP contribution in [0.4, 0.5) is 0 Å². The summed E-state index contributed by atoms with van der Waals surface area (Å²) >= 11 is 12.2. The van der Waals surface area contributed by atoms with E-state index in [2.05, 4.69) is 23.8 Å². The number of hydrogen-bond acceptors (Lipinski definition) is 2. The maximum atomic E-state index is 6.32. The number of nitrogens with one attached hydrogen (secondary N) is 1. The average Bonchev–Trinajstić information content (AvgIpc) is 2.91. The molecule has 102 valence electrons. The van der Waals surface area contributed by atoms with Crippen LogP contribution in [0.3, 0.4) is 0 Å². The third-order valence-electron chi connectivity index (χ3n) is 3.55. The van der Waals surface area contributed by atoms with E-state index in [9.17, 15) is 0 Å². The summed E-state index contributed by atoms with van der Waals surface area (Å²) < 4.78 is 0. The zero-order valence-electron chi connectivity index (χ0n) is 11.0. The van der Waals surface area contributed by atoms with Gasteiger partial charge in [0.25, 0.3) is 0 Å². The molecule has 0 saturated heterocycles. The number of rotatable bonds is 4. The van der Waals surface area contributed by atoms with E-state index in [4.69, 9.17) is 28.9 Å². The van der Waals surface area contributed by atoms with Crippen LogP contribution in [-0.4, -0.2) is 9.97 Å². The highest BCUT2D eigenvalue weighted by atomic mass is 35.5. The van der Waals surface area contributed by atoms with Gasteiger partial charge in [0.2, 0.25) is 0 Å². The predicted octanol–water partition coefficient (Wildman–Crippen LogP) is 4.36. The third-order valence-corrected chi connectivity index (χ3v) is 4.37. The molecule has 0 aliphatic carbocycles. The first-order valence-corrected chi connectivity index (χ1v) is 7.06. The molecule has 3 nitrogen and oxygen atoms in total. The lowest BCUT2D eigenvalue weighted by atomic mass is 9.93. The van der Waals surface area contributed by atoms with Crippen LogP contribution in [0, 0.1) is 0 Å². The Kier molecular flexibility index (Phi) is 4.19. The first kappa shape index (κ1) is 14.4. The lowest BCUT2D eigenvalue weighted by Crippen LogP contribution is -2.36. The smallest absolute Gasteiger partial charge is 0.126 e. The van der Waals surface area contributed by atoms with Crippen LogP contribution in [-0.2, 0) is 5.54 Å². The molecule has 19 heavy (non-hydrogen) atoms. The van der Waals surface area contributed by atoms with Crippen molar-refractivity contribution in [2.45, 2.75) is 32.2 Å². The highest BCUT2D eigenvalue weighted by molar-refractivity contribution is 6.43. The molecule has 3 N–H and O–H groups in total. The highest BCUT2D eigenvalue weighted by Gasteiger charge is 2.26. The third kappa shape index (κ3) is 2.64. The first-order valence-electron chi connectivity index (χ1n) is 6.30. The molecule has 0 atom stereocenters. The fourth-order valence-electron chi connectivity index (χ4n) is 2.01. The Morgan fingerprint density at radius 1 is 1.26 bits per heavy atom. The second-order valence-corrected chi connectivity index (χ2v) is 5.40. The molecule has 2 aromatic rings. The minimum absolute atomic E-state index is 0.427. The van der Waals surface area contributed by atoms with Crippen LogP contribution in [0.2, 0.25) is 10.0 Å². The van der Waals surface area contributed by atoms with Gasteiger partial charge in [-0.05, 0) is 18.9 Å². The molecule has 0 amide bonds. The Labute approximate surface area is 123 Å². The van der Waals surface area contributed by atoms with Crippen molar-refractivity contribution < 1.29 is 0 Å². The molecule has 0 spiro atoms. The standard InChI is InChI=1S/C14H17Cl2N3/c1-3-14(17,4-2)13-18-8-11(19-13)9-6-5-7-10(15)12(9)16/h5-8H,3-4,17H2,1-2H3,(H,18,19). The van der Waals surface area contributed by atoms with Crippen molar-refractivity contribution in [2.24, 2.45) is 5.73 Å². The fourth-order valence-corrected chi connectivity index (χ4v) is 2.41. The van der Waals surface area contributed by atoms with E-state index in [0.717, 1.165) is 29.9 Å². The quantitative estimate of drug-likeness (QED) is 0.881. The number of benzene rings is 1. The van der Waals surface area contributed by atoms with Gasteiger partial charge >= 0.3 is 0 Å². The fraction of sp³-hybridized carbons (Fsp3) is 0.357. The van der Waals surface area contributed by atoms with Crippen molar-refractivity contribution >= 4 is 23.2 Å². The summed E-state index contributed by atoms with van der Waals surface area (Å²) in [6, 6.07) is 5.52. The van der Waals surface area contributed by atoms with E-state index in [0.29, 0.717) is 10.0 Å². The molecule has 0 saturated carbocycles. The van der Waals surface area contributed by atoms with Crippen LogP contribution < -0.4 is 5.73 Å². The van der Waals surface area contributed by atoms with Gasteiger partial charge in [-0.2, -0.15) is 0 Å². The van der Waals surface area contributed by atoms with Crippen LogP contribution in [0.5, 0.6) is 0 Å². The van der Waals surface area contributed by atoms with Crippen molar-refractivity contribution in [2.75, 3.05) is 0 Å². The molecular weight excluding hydrogens is 281 g/mol. The summed E-state index contributed by atoms with van der Waals surface area (Å²) in [5.74, 6) is 0.781. The molecule has 0 aliphatic heterocycles. The molecule has 1 aromatic heterocycles. The Morgan fingerprint density at radius 3 is 2.58 bits per heavy atom. The van der Waals surface area contributed by atoms with Gasteiger partial charge in [-0.1, -0.05) is 49.2 Å². The van der Waals surface area contributed by atoms with Crippen LogP contribution in [0.25, 0.3) is 11.3 Å². The molecular formula is C14H17Cl2N3. The zero-order chi connectivity index (χ0) is 14.0. The van der Waals surface area contributed by atoms with Gasteiger partial charge in [0.05, 0.1) is 27.5 Å². The molecule has 1 aromatic carbocycles. The minimum Gasteiger partial charge on any atom is -0.340 e. The summed E-state index contributed by atoms with van der Waals surface area (Å²) in [6.45, 7) is 4.11. The molecule has 0 fully saturated rings. The van der Waals surface area contributed by atoms with Gasteiger partial charge < -0.3 is 10.7 Å². The number of aromatic amines is 1. The molecule has 5 heteroatoms. The highest BCUT2D eigenvalue weighted by Crippen LogP contribution is 2.33. The van der Waals surface area contributed by atoms with Gasteiger partial charge in [-0.25, -0.2) is 4.98 Å². The Hall–Kier alpha value is -1.03. The Balaban J connectivity index is 2.44. The molecule has 1 heterocycles. The van der Waals surface area contributed by atoms with E-state index in [1.54, 1.807) is 12.3 Å². The number of imidazole rings is 1. The summed E-state index contributed by atoms with van der Waals surface area (Å²) in [5.41, 5.74) is 7.57. The van der Waals surface area contributed by atoms with Gasteiger partial charge in [-0.15, -0.1) is 0 Å². The maximum Gasteiger partial charge on any atom is 0.126 e. The number of aromatic nitrogens is 2. The molecule has 2 rings (SSSR count).